The maximum atomic E-state index is 12.2. The summed E-state index contributed by atoms with van der Waals surface area (Å²) in [7, 11) is 1.65. The molecular weight excluding hydrogens is 318 g/mol. The van der Waals surface area contributed by atoms with E-state index in [4.69, 9.17) is 4.74 Å². The average Bonchev–Trinajstić information content (AvgIpc) is 3.42. The van der Waals surface area contributed by atoms with E-state index in [1.807, 2.05) is 36.4 Å². The summed E-state index contributed by atoms with van der Waals surface area (Å²) in [4.78, 5) is 26.3. The second-order valence-electron chi connectivity index (χ2n) is 6.49. The molecule has 2 N–H and O–H groups in total. The molecule has 0 unspecified atom stereocenters. The van der Waals surface area contributed by atoms with Crippen LogP contribution in [-0.2, 0) is 9.59 Å². The highest BCUT2D eigenvalue weighted by Crippen LogP contribution is 2.20. The van der Waals surface area contributed by atoms with Crippen molar-refractivity contribution in [3.05, 3.63) is 35.9 Å². The van der Waals surface area contributed by atoms with Crippen molar-refractivity contribution in [2.24, 2.45) is 0 Å². The number of rotatable bonds is 7. The Morgan fingerprint density at radius 1 is 1.40 bits per heavy atom. The molecule has 0 bridgehead atoms. The lowest BCUT2D eigenvalue weighted by atomic mass is 10.1. The van der Waals surface area contributed by atoms with Gasteiger partial charge in [-0.1, -0.05) is 30.4 Å². The largest absolute Gasteiger partial charge is 0.496 e. The van der Waals surface area contributed by atoms with E-state index in [1.165, 1.54) is 0 Å². The van der Waals surface area contributed by atoms with Crippen LogP contribution < -0.4 is 15.4 Å². The number of hydrogen-bond donors (Lipinski definition) is 2. The SMILES string of the molecule is COc1ccccc1/C=C/CN1CCNC(=O)[C@H]1CC(=O)NC1CC1. The van der Waals surface area contributed by atoms with Crippen LogP contribution >= 0.6 is 0 Å². The van der Waals surface area contributed by atoms with Gasteiger partial charge in [0.25, 0.3) is 0 Å². The van der Waals surface area contributed by atoms with Gasteiger partial charge in [-0.05, 0) is 18.9 Å². The smallest absolute Gasteiger partial charge is 0.237 e. The molecule has 6 heteroatoms. The van der Waals surface area contributed by atoms with Crippen molar-refractivity contribution < 1.29 is 14.3 Å². The first-order valence-electron chi connectivity index (χ1n) is 8.78. The van der Waals surface area contributed by atoms with E-state index in [0.717, 1.165) is 30.7 Å². The van der Waals surface area contributed by atoms with Gasteiger partial charge < -0.3 is 15.4 Å². The van der Waals surface area contributed by atoms with Gasteiger partial charge in [0, 0.05) is 31.2 Å². The van der Waals surface area contributed by atoms with Gasteiger partial charge in [-0.25, -0.2) is 0 Å². The Kier molecular flexibility index (Phi) is 5.71. The van der Waals surface area contributed by atoms with Crippen LogP contribution in [0.2, 0.25) is 0 Å². The van der Waals surface area contributed by atoms with Crippen molar-refractivity contribution in [1.82, 2.24) is 15.5 Å². The first kappa shape index (κ1) is 17.5. The Bertz CT molecular complexity index is 655. The third-order valence-corrected chi connectivity index (χ3v) is 4.54. The normalized spacial score (nSPS) is 21.2. The Labute approximate surface area is 148 Å². The minimum Gasteiger partial charge on any atom is -0.496 e. The second-order valence-corrected chi connectivity index (χ2v) is 6.49. The summed E-state index contributed by atoms with van der Waals surface area (Å²) in [6, 6.07) is 7.70. The van der Waals surface area contributed by atoms with Crippen LogP contribution in [0.25, 0.3) is 6.08 Å². The van der Waals surface area contributed by atoms with Crippen LogP contribution in [0, 0.1) is 0 Å². The van der Waals surface area contributed by atoms with Gasteiger partial charge in [0.05, 0.1) is 19.6 Å². The molecule has 1 aliphatic carbocycles. The van der Waals surface area contributed by atoms with Crippen LogP contribution in [0.15, 0.2) is 30.3 Å². The van der Waals surface area contributed by atoms with Gasteiger partial charge in [-0.2, -0.15) is 0 Å². The van der Waals surface area contributed by atoms with Crippen LogP contribution in [0.3, 0.4) is 0 Å². The monoisotopic (exact) mass is 343 g/mol. The summed E-state index contributed by atoms with van der Waals surface area (Å²) in [5.74, 6) is 0.710. The third kappa shape index (κ3) is 4.82. The van der Waals surface area contributed by atoms with Gasteiger partial charge in [0.1, 0.15) is 5.75 Å². The summed E-state index contributed by atoms with van der Waals surface area (Å²) < 4.78 is 5.34. The molecule has 6 nitrogen and oxygen atoms in total. The number of carbonyl (C=O) groups is 2. The number of nitrogens with one attached hydrogen (secondary N) is 2. The molecule has 2 aliphatic rings. The van der Waals surface area contributed by atoms with Gasteiger partial charge >= 0.3 is 0 Å². The Morgan fingerprint density at radius 2 is 2.20 bits per heavy atom. The number of carbonyl (C=O) groups excluding carboxylic acids is 2. The molecule has 1 saturated carbocycles. The zero-order chi connectivity index (χ0) is 17.6. The number of hydrogen-bond acceptors (Lipinski definition) is 4. The zero-order valence-electron chi connectivity index (χ0n) is 14.5. The highest BCUT2D eigenvalue weighted by Gasteiger charge is 2.32. The molecule has 0 aromatic heterocycles. The molecule has 1 saturated heterocycles. The lowest BCUT2D eigenvalue weighted by Gasteiger charge is -2.33. The minimum absolute atomic E-state index is 0.0386. The van der Waals surface area contributed by atoms with Gasteiger partial charge in [0.15, 0.2) is 0 Å². The third-order valence-electron chi connectivity index (χ3n) is 4.54. The fourth-order valence-electron chi connectivity index (χ4n) is 3.01. The van der Waals surface area contributed by atoms with Crippen molar-refractivity contribution in [1.29, 1.82) is 0 Å². The highest BCUT2D eigenvalue weighted by molar-refractivity contribution is 5.89. The predicted molar refractivity (Wildman–Crippen MR) is 96.2 cm³/mol. The van der Waals surface area contributed by atoms with E-state index in [1.54, 1.807) is 7.11 Å². The molecule has 0 spiro atoms. The van der Waals surface area contributed by atoms with Crippen LogP contribution in [0.1, 0.15) is 24.8 Å². The van der Waals surface area contributed by atoms with Crippen molar-refractivity contribution >= 4 is 17.9 Å². The van der Waals surface area contributed by atoms with Crippen LogP contribution in [0.4, 0.5) is 0 Å². The molecule has 3 rings (SSSR count). The van der Waals surface area contributed by atoms with Gasteiger partial charge in [-0.15, -0.1) is 0 Å². The molecule has 1 aliphatic heterocycles. The predicted octanol–water partition coefficient (Wildman–Crippen LogP) is 1.18. The van der Waals surface area contributed by atoms with Crippen molar-refractivity contribution in [3.8, 4) is 5.75 Å². The molecule has 2 amide bonds. The highest BCUT2D eigenvalue weighted by atomic mass is 16.5. The number of piperazine rings is 1. The van der Waals surface area contributed by atoms with E-state index >= 15 is 0 Å². The molecule has 2 fully saturated rings. The lowest BCUT2D eigenvalue weighted by molar-refractivity contribution is -0.133. The summed E-state index contributed by atoms with van der Waals surface area (Å²) in [6.07, 6.45) is 6.32. The molecule has 1 aromatic carbocycles. The average molecular weight is 343 g/mol. The molecule has 1 atom stereocenters. The first-order chi connectivity index (χ1) is 12.2. The summed E-state index contributed by atoms with van der Waals surface area (Å²) in [5, 5.41) is 5.82. The molecule has 25 heavy (non-hydrogen) atoms. The number of methoxy groups -OCH3 is 1. The fraction of sp³-hybridized carbons (Fsp3) is 0.474. The standard InChI is InChI=1S/C19H25N3O3/c1-25-17-7-3-2-5-14(17)6-4-11-22-12-10-20-19(24)16(22)13-18(23)21-15-8-9-15/h2-7,15-16H,8-13H2,1H3,(H,20,24)(H,21,23)/b6-4+/t16-/m1/s1. The molecule has 134 valence electrons. The maximum Gasteiger partial charge on any atom is 0.237 e. The summed E-state index contributed by atoms with van der Waals surface area (Å²) in [6.45, 7) is 1.97. The lowest BCUT2D eigenvalue weighted by Crippen LogP contribution is -2.56. The van der Waals surface area contributed by atoms with Crippen LogP contribution in [0.5, 0.6) is 5.75 Å². The maximum absolute atomic E-state index is 12.2. The quantitative estimate of drug-likeness (QED) is 0.780. The Hall–Kier alpha value is -2.34. The van der Waals surface area contributed by atoms with E-state index in [2.05, 4.69) is 15.5 Å². The second kappa shape index (κ2) is 8.16. The van der Waals surface area contributed by atoms with Crippen molar-refractivity contribution in [2.75, 3.05) is 26.7 Å². The number of para-hydroxylation sites is 1. The van der Waals surface area contributed by atoms with E-state index < -0.39 is 6.04 Å². The Morgan fingerprint density at radius 3 is 2.96 bits per heavy atom. The van der Waals surface area contributed by atoms with Crippen LogP contribution in [-0.4, -0.2) is 55.5 Å². The van der Waals surface area contributed by atoms with Gasteiger partial charge in [0.2, 0.25) is 11.8 Å². The van der Waals surface area contributed by atoms with E-state index in [0.29, 0.717) is 19.1 Å². The zero-order valence-corrected chi connectivity index (χ0v) is 14.5. The first-order valence-corrected chi connectivity index (χ1v) is 8.78. The molecule has 1 heterocycles. The molecule has 0 radical (unpaired) electrons. The number of nitrogens with zero attached hydrogens (tertiary/aromatic N) is 1. The van der Waals surface area contributed by atoms with Crippen molar-refractivity contribution in [3.63, 3.8) is 0 Å². The van der Waals surface area contributed by atoms with Crippen molar-refractivity contribution in [2.45, 2.75) is 31.3 Å². The number of amides is 2. The fourth-order valence-corrected chi connectivity index (χ4v) is 3.01. The van der Waals surface area contributed by atoms with E-state index in [9.17, 15) is 9.59 Å². The number of ether oxygens (including phenoxy) is 1. The topological polar surface area (TPSA) is 70.7 Å². The summed E-state index contributed by atoms with van der Waals surface area (Å²) in [5.41, 5.74) is 0.995. The Balaban J connectivity index is 1.60. The molecular formula is C19H25N3O3. The van der Waals surface area contributed by atoms with E-state index in [-0.39, 0.29) is 18.2 Å². The number of benzene rings is 1. The van der Waals surface area contributed by atoms with Gasteiger partial charge in [-0.3, -0.25) is 14.5 Å². The minimum atomic E-state index is -0.408. The molecule has 1 aromatic rings. The summed E-state index contributed by atoms with van der Waals surface area (Å²) >= 11 is 0.